The van der Waals surface area contributed by atoms with Crippen LogP contribution in [0.1, 0.15) is 31.5 Å². The Kier molecular flexibility index (Phi) is 4.53. The molecule has 0 unspecified atom stereocenters. The van der Waals surface area contributed by atoms with Gasteiger partial charge < -0.3 is 10.3 Å². The van der Waals surface area contributed by atoms with Crippen LogP contribution >= 0.6 is 24.0 Å². The fraction of sp³-hybridized carbons (Fsp3) is 0.357. The van der Waals surface area contributed by atoms with Crippen LogP contribution in [0.15, 0.2) is 29.0 Å². The molecule has 1 aliphatic rings. The van der Waals surface area contributed by atoms with Crippen LogP contribution in [0.25, 0.3) is 17.1 Å². The van der Waals surface area contributed by atoms with E-state index in [0.717, 1.165) is 25.7 Å². The molecule has 0 spiro atoms. The average molecular weight is 368 g/mol. The summed E-state index contributed by atoms with van der Waals surface area (Å²) in [7, 11) is 0. The van der Waals surface area contributed by atoms with Crippen molar-refractivity contribution in [3.8, 4) is 17.1 Å². The quantitative estimate of drug-likeness (QED) is 0.757. The van der Waals surface area contributed by atoms with Gasteiger partial charge in [0.1, 0.15) is 6.33 Å². The number of aromatic nitrogens is 6. The van der Waals surface area contributed by atoms with Gasteiger partial charge in [0.25, 0.3) is 5.89 Å². The van der Waals surface area contributed by atoms with Gasteiger partial charge >= 0.3 is 0 Å². The third kappa shape index (κ3) is 2.88. The Morgan fingerprint density at radius 3 is 2.75 bits per heavy atom. The van der Waals surface area contributed by atoms with Gasteiger partial charge in [-0.15, -0.1) is 17.5 Å². The predicted octanol–water partition coefficient (Wildman–Crippen LogP) is 2.52. The average Bonchev–Trinajstić information content (AvgIpc) is 3.29. The van der Waals surface area contributed by atoms with Crippen molar-refractivity contribution in [2.45, 2.75) is 31.2 Å². The van der Waals surface area contributed by atoms with Crippen LogP contribution in [-0.4, -0.2) is 30.3 Å². The summed E-state index contributed by atoms with van der Waals surface area (Å²) in [6, 6.07) is 5.29. The van der Waals surface area contributed by atoms with Crippen molar-refractivity contribution in [1.82, 2.24) is 30.3 Å². The molecule has 0 radical (unpaired) electrons. The predicted molar refractivity (Wildman–Crippen MR) is 89.0 cm³/mol. The highest BCUT2D eigenvalue weighted by atomic mass is 35.5. The summed E-state index contributed by atoms with van der Waals surface area (Å²) in [5, 5.41) is 15.8. The topological polar surface area (TPSA) is 109 Å². The SMILES string of the molecule is Cl.NC1(c2noc(-c3cc(Cl)ccc3-n3cnnn3)n2)CCCC1. The van der Waals surface area contributed by atoms with Crippen molar-refractivity contribution in [2.24, 2.45) is 5.73 Å². The van der Waals surface area contributed by atoms with E-state index < -0.39 is 5.54 Å². The Labute approximate surface area is 148 Å². The molecule has 8 nitrogen and oxygen atoms in total. The fourth-order valence-corrected chi connectivity index (χ4v) is 3.09. The van der Waals surface area contributed by atoms with Crippen LogP contribution in [0.3, 0.4) is 0 Å². The summed E-state index contributed by atoms with van der Waals surface area (Å²) >= 11 is 6.11. The lowest BCUT2D eigenvalue weighted by Gasteiger charge is -2.17. The summed E-state index contributed by atoms with van der Waals surface area (Å²) in [6.45, 7) is 0. The summed E-state index contributed by atoms with van der Waals surface area (Å²) in [5.41, 5.74) is 7.24. The molecule has 10 heteroatoms. The molecule has 2 N–H and O–H groups in total. The van der Waals surface area contributed by atoms with Gasteiger partial charge in [0.05, 0.1) is 16.8 Å². The van der Waals surface area contributed by atoms with E-state index in [9.17, 15) is 0 Å². The maximum absolute atomic E-state index is 6.39. The standard InChI is InChI=1S/C14H14ClN7O.ClH/c15-9-3-4-11(22-8-17-20-21-22)10(7-9)12-18-13(19-23-12)14(16)5-1-2-6-14;/h3-4,7-8H,1-2,5-6,16H2;1H. The van der Waals surface area contributed by atoms with E-state index in [0.29, 0.717) is 28.0 Å². The van der Waals surface area contributed by atoms with Gasteiger partial charge in [0.2, 0.25) is 0 Å². The molecule has 0 saturated heterocycles. The molecule has 1 fully saturated rings. The van der Waals surface area contributed by atoms with Crippen LogP contribution in [0.5, 0.6) is 0 Å². The molecular weight excluding hydrogens is 353 g/mol. The van der Waals surface area contributed by atoms with Crippen molar-refractivity contribution < 1.29 is 4.52 Å². The maximum Gasteiger partial charge on any atom is 0.260 e. The summed E-state index contributed by atoms with van der Waals surface area (Å²) < 4.78 is 6.96. The van der Waals surface area contributed by atoms with Crippen LogP contribution < -0.4 is 5.73 Å². The molecule has 126 valence electrons. The largest absolute Gasteiger partial charge is 0.334 e. The first kappa shape index (κ1) is 16.8. The monoisotopic (exact) mass is 367 g/mol. The zero-order valence-corrected chi connectivity index (χ0v) is 14.2. The lowest BCUT2D eigenvalue weighted by Crippen LogP contribution is -2.34. The Hall–Kier alpha value is -2.03. The Balaban J connectivity index is 0.00000169. The molecule has 1 saturated carbocycles. The number of tetrazole rings is 1. The van der Waals surface area contributed by atoms with E-state index in [-0.39, 0.29) is 12.4 Å². The van der Waals surface area contributed by atoms with Crippen LogP contribution in [0.4, 0.5) is 0 Å². The molecule has 2 heterocycles. The molecule has 0 atom stereocenters. The highest BCUT2D eigenvalue weighted by Gasteiger charge is 2.36. The van der Waals surface area contributed by atoms with Crippen LogP contribution in [0.2, 0.25) is 5.02 Å². The minimum Gasteiger partial charge on any atom is -0.334 e. The van der Waals surface area contributed by atoms with E-state index in [2.05, 4.69) is 25.7 Å². The molecule has 0 amide bonds. The van der Waals surface area contributed by atoms with E-state index >= 15 is 0 Å². The normalized spacial score (nSPS) is 16.1. The molecule has 4 rings (SSSR count). The minimum absolute atomic E-state index is 0. The zero-order valence-electron chi connectivity index (χ0n) is 12.6. The van der Waals surface area contributed by atoms with Crippen molar-refractivity contribution in [3.05, 3.63) is 35.4 Å². The molecule has 24 heavy (non-hydrogen) atoms. The second kappa shape index (κ2) is 6.46. The smallest absolute Gasteiger partial charge is 0.260 e. The van der Waals surface area contributed by atoms with Crippen molar-refractivity contribution in [2.75, 3.05) is 0 Å². The molecular formula is C14H15Cl2N7O. The van der Waals surface area contributed by atoms with Gasteiger partial charge in [-0.2, -0.15) is 9.67 Å². The highest BCUT2D eigenvalue weighted by Crippen LogP contribution is 2.36. The zero-order chi connectivity index (χ0) is 15.9. The van der Waals surface area contributed by atoms with Crippen molar-refractivity contribution in [1.29, 1.82) is 0 Å². The number of hydrogen-bond acceptors (Lipinski definition) is 7. The second-order valence-corrected chi connectivity index (χ2v) is 6.14. The summed E-state index contributed by atoms with van der Waals surface area (Å²) in [6.07, 6.45) is 5.37. The van der Waals surface area contributed by atoms with Gasteiger partial charge in [-0.1, -0.05) is 29.6 Å². The number of hydrogen-bond donors (Lipinski definition) is 1. The first-order valence-electron chi connectivity index (χ1n) is 7.32. The van der Waals surface area contributed by atoms with Gasteiger partial charge in [-0.25, -0.2) is 0 Å². The van der Waals surface area contributed by atoms with Crippen molar-refractivity contribution >= 4 is 24.0 Å². The Morgan fingerprint density at radius 2 is 2.04 bits per heavy atom. The number of nitrogens with zero attached hydrogens (tertiary/aromatic N) is 6. The maximum atomic E-state index is 6.39. The van der Waals surface area contributed by atoms with E-state index in [1.165, 1.54) is 11.0 Å². The number of halogens is 2. The number of rotatable bonds is 3. The highest BCUT2D eigenvalue weighted by molar-refractivity contribution is 6.31. The summed E-state index contributed by atoms with van der Waals surface area (Å²) in [4.78, 5) is 4.50. The lowest BCUT2D eigenvalue weighted by atomic mass is 9.98. The molecule has 0 aliphatic heterocycles. The van der Waals surface area contributed by atoms with Gasteiger partial charge in [0.15, 0.2) is 5.82 Å². The van der Waals surface area contributed by atoms with E-state index in [1.54, 1.807) is 18.2 Å². The molecule has 3 aromatic rings. The van der Waals surface area contributed by atoms with Crippen LogP contribution in [-0.2, 0) is 5.54 Å². The third-order valence-corrected chi connectivity index (χ3v) is 4.39. The first-order valence-corrected chi connectivity index (χ1v) is 7.70. The van der Waals surface area contributed by atoms with E-state index in [4.69, 9.17) is 21.9 Å². The minimum atomic E-state index is -0.505. The lowest BCUT2D eigenvalue weighted by molar-refractivity contribution is 0.372. The third-order valence-electron chi connectivity index (χ3n) is 4.15. The first-order chi connectivity index (χ1) is 11.2. The Morgan fingerprint density at radius 1 is 1.25 bits per heavy atom. The summed E-state index contributed by atoms with van der Waals surface area (Å²) in [5.74, 6) is 0.886. The van der Waals surface area contributed by atoms with Crippen LogP contribution in [0, 0.1) is 0 Å². The van der Waals surface area contributed by atoms with Gasteiger partial charge in [-0.3, -0.25) is 0 Å². The number of nitrogens with two attached hydrogens (primary N) is 1. The van der Waals surface area contributed by atoms with Crippen molar-refractivity contribution in [3.63, 3.8) is 0 Å². The Bertz CT molecular complexity index is 828. The number of benzene rings is 1. The molecule has 1 aromatic carbocycles. The second-order valence-electron chi connectivity index (χ2n) is 5.70. The molecule has 0 bridgehead atoms. The molecule has 2 aromatic heterocycles. The van der Waals surface area contributed by atoms with Gasteiger partial charge in [0, 0.05) is 5.02 Å². The fourth-order valence-electron chi connectivity index (χ4n) is 2.92. The molecule has 1 aliphatic carbocycles. The van der Waals surface area contributed by atoms with E-state index in [1.807, 2.05) is 0 Å². The van der Waals surface area contributed by atoms with Gasteiger partial charge in [-0.05, 0) is 41.5 Å².